The van der Waals surface area contributed by atoms with Crippen LogP contribution in [0.3, 0.4) is 0 Å². The van der Waals surface area contributed by atoms with Crippen LogP contribution in [0, 0.1) is 17.0 Å². The SMILES string of the molecule is O=C(Nc1c(Cl)cncc1Cl)c1nn(-c2cccc(C#Cc3ccc[n+]([O-])c3)c2)c2ncccc2c1=O. The van der Waals surface area contributed by atoms with E-state index in [1.165, 1.54) is 35.7 Å². The van der Waals surface area contributed by atoms with Gasteiger partial charge in [0.2, 0.25) is 5.43 Å². The molecular formula is C26H14Cl2N6O3. The largest absolute Gasteiger partial charge is 0.619 e. The lowest BCUT2D eigenvalue weighted by Gasteiger charge is -2.12. The highest BCUT2D eigenvalue weighted by molar-refractivity contribution is 6.39. The van der Waals surface area contributed by atoms with Gasteiger partial charge in [0.25, 0.3) is 5.91 Å². The molecule has 0 radical (unpaired) electrons. The number of hydrogen-bond acceptors (Lipinski definition) is 6. The molecule has 0 aliphatic carbocycles. The van der Waals surface area contributed by atoms with Crippen LogP contribution in [0.5, 0.6) is 0 Å². The minimum absolute atomic E-state index is 0.107. The first kappa shape index (κ1) is 23.9. The maximum atomic E-state index is 13.2. The van der Waals surface area contributed by atoms with Crippen molar-refractivity contribution in [3.8, 4) is 17.5 Å². The second-order valence-corrected chi connectivity index (χ2v) is 8.46. The molecule has 5 aromatic rings. The van der Waals surface area contributed by atoms with Crippen molar-refractivity contribution in [2.45, 2.75) is 0 Å². The van der Waals surface area contributed by atoms with Crippen LogP contribution >= 0.6 is 23.2 Å². The van der Waals surface area contributed by atoms with Crippen molar-refractivity contribution in [1.82, 2.24) is 19.7 Å². The summed E-state index contributed by atoms with van der Waals surface area (Å²) in [5, 5.41) is 18.8. The molecule has 4 aromatic heterocycles. The zero-order valence-corrected chi connectivity index (χ0v) is 20.2. The van der Waals surface area contributed by atoms with Crippen molar-refractivity contribution in [2.75, 3.05) is 5.32 Å². The van der Waals surface area contributed by atoms with Gasteiger partial charge in [0.15, 0.2) is 23.7 Å². The van der Waals surface area contributed by atoms with Gasteiger partial charge in [-0.2, -0.15) is 9.83 Å². The lowest BCUT2D eigenvalue weighted by molar-refractivity contribution is -0.605. The van der Waals surface area contributed by atoms with Crippen LogP contribution < -0.4 is 15.5 Å². The van der Waals surface area contributed by atoms with Gasteiger partial charge in [0, 0.05) is 30.2 Å². The highest BCUT2D eigenvalue weighted by Gasteiger charge is 2.21. The third kappa shape index (κ3) is 4.97. The Kier molecular flexibility index (Phi) is 6.51. The number of benzene rings is 1. The van der Waals surface area contributed by atoms with Gasteiger partial charge in [-0.15, -0.1) is 0 Å². The average Bonchev–Trinajstić information content (AvgIpc) is 2.90. The number of pyridine rings is 3. The molecule has 0 aliphatic heterocycles. The summed E-state index contributed by atoms with van der Waals surface area (Å²) in [4.78, 5) is 34.4. The van der Waals surface area contributed by atoms with E-state index in [1.807, 2.05) is 0 Å². The van der Waals surface area contributed by atoms with Gasteiger partial charge in [0.05, 0.1) is 32.4 Å². The second kappa shape index (κ2) is 10.1. The summed E-state index contributed by atoms with van der Waals surface area (Å²) in [7, 11) is 0. The van der Waals surface area contributed by atoms with E-state index in [0.717, 1.165) is 0 Å². The number of amides is 1. The van der Waals surface area contributed by atoms with Crippen LogP contribution in [-0.2, 0) is 0 Å². The van der Waals surface area contributed by atoms with Crippen LogP contribution in [0.25, 0.3) is 16.7 Å². The van der Waals surface area contributed by atoms with Crippen molar-refractivity contribution in [3.63, 3.8) is 0 Å². The van der Waals surface area contributed by atoms with E-state index in [2.05, 4.69) is 32.2 Å². The molecule has 0 atom stereocenters. The number of anilines is 1. The Morgan fingerprint density at radius 3 is 2.57 bits per heavy atom. The normalized spacial score (nSPS) is 10.5. The first-order valence-corrected chi connectivity index (χ1v) is 11.5. The summed E-state index contributed by atoms with van der Waals surface area (Å²) in [6.45, 7) is 0. The maximum absolute atomic E-state index is 13.2. The number of carbonyl (C=O) groups excluding carboxylic acids is 1. The molecule has 0 unspecified atom stereocenters. The zero-order chi connectivity index (χ0) is 25.9. The van der Waals surface area contributed by atoms with Gasteiger partial charge < -0.3 is 10.5 Å². The Labute approximate surface area is 219 Å². The second-order valence-electron chi connectivity index (χ2n) is 7.65. The molecule has 0 aliphatic rings. The third-order valence-corrected chi connectivity index (χ3v) is 5.74. The van der Waals surface area contributed by atoms with E-state index in [1.54, 1.807) is 48.5 Å². The number of carbonyl (C=O) groups is 1. The number of fused-ring (bicyclic) bond motifs is 1. The van der Waals surface area contributed by atoms with Gasteiger partial charge >= 0.3 is 0 Å². The first-order chi connectivity index (χ1) is 17.9. The number of nitrogens with zero attached hydrogens (tertiary/aromatic N) is 5. The maximum Gasteiger partial charge on any atom is 0.280 e. The summed E-state index contributed by atoms with van der Waals surface area (Å²) in [6, 6.07) is 13.5. The molecule has 0 saturated heterocycles. The topological polar surface area (TPSA) is 117 Å². The molecule has 1 N–H and O–H groups in total. The standard InChI is InChI=1S/C26H14Cl2N6O3/c27-20-13-29-14-21(28)22(20)31-26(36)23-24(35)19-7-2-10-30-25(19)34(32-23)18-6-1-4-16(12-18)8-9-17-5-3-11-33(37)15-17/h1-7,10-15H,(H,29,31,36). The van der Waals surface area contributed by atoms with Crippen LogP contribution in [0.2, 0.25) is 10.0 Å². The number of halogens is 2. The average molecular weight is 529 g/mol. The predicted molar refractivity (Wildman–Crippen MR) is 139 cm³/mol. The summed E-state index contributed by atoms with van der Waals surface area (Å²) < 4.78 is 2.06. The molecule has 1 amide bonds. The Hall–Kier alpha value is -4.78. The number of rotatable bonds is 3. The van der Waals surface area contributed by atoms with Gasteiger partial charge in [-0.25, -0.2) is 9.67 Å². The quantitative estimate of drug-likeness (QED) is 0.216. The Bertz CT molecular complexity index is 1790. The predicted octanol–water partition coefficient (Wildman–Crippen LogP) is 3.77. The van der Waals surface area contributed by atoms with Gasteiger partial charge in [-0.05, 0) is 36.4 Å². The van der Waals surface area contributed by atoms with Crippen molar-refractivity contribution < 1.29 is 9.52 Å². The highest BCUT2D eigenvalue weighted by Crippen LogP contribution is 2.29. The first-order valence-electron chi connectivity index (χ1n) is 10.7. The summed E-state index contributed by atoms with van der Waals surface area (Å²) in [5.41, 5.74) is 1.05. The molecule has 0 fully saturated rings. The third-order valence-electron chi connectivity index (χ3n) is 5.17. The Balaban J connectivity index is 1.60. The van der Waals surface area contributed by atoms with E-state index >= 15 is 0 Å². The van der Waals surface area contributed by atoms with Crippen molar-refractivity contribution >= 4 is 45.8 Å². The molecule has 0 spiro atoms. The molecule has 0 saturated carbocycles. The fourth-order valence-corrected chi connectivity index (χ4v) is 3.94. The van der Waals surface area contributed by atoms with E-state index < -0.39 is 11.3 Å². The van der Waals surface area contributed by atoms with Crippen molar-refractivity contribution in [1.29, 1.82) is 0 Å². The minimum atomic E-state index is -0.801. The van der Waals surface area contributed by atoms with Crippen LogP contribution in [0.4, 0.5) is 5.69 Å². The van der Waals surface area contributed by atoms with E-state index in [-0.39, 0.29) is 32.5 Å². The lowest BCUT2D eigenvalue weighted by atomic mass is 10.1. The summed E-state index contributed by atoms with van der Waals surface area (Å²) >= 11 is 12.2. The van der Waals surface area contributed by atoms with Crippen LogP contribution in [0.1, 0.15) is 21.6 Å². The zero-order valence-electron chi connectivity index (χ0n) is 18.7. The van der Waals surface area contributed by atoms with Gasteiger partial charge in [0.1, 0.15) is 0 Å². The Morgan fingerprint density at radius 2 is 1.78 bits per heavy atom. The van der Waals surface area contributed by atoms with Crippen LogP contribution in [-0.4, -0.2) is 25.7 Å². The summed E-state index contributed by atoms with van der Waals surface area (Å²) in [5.74, 6) is 5.13. The van der Waals surface area contributed by atoms with Crippen LogP contribution in [0.15, 0.2) is 84.3 Å². The molecule has 0 bridgehead atoms. The molecular weight excluding hydrogens is 515 g/mol. The number of hydrogen-bond donors (Lipinski definition) is 1. The van der Waals surface area contributed by atoms with E-state index in [9.17, 15) is 14.8 Å². The Morgan fingerprint density at radius 1 is 1.03 bits per heavy atom. The molecule has 180 valence electrons. The smallest absolute Gasteiger partial charge is 0.280 e. The number of nitrogens with one attached hydrogen (secondary N) is 1. The molecule has 9 nitrogen and oxygen atoms in total. The number of aromatic nitrogens is 5. The van der Waals surface area contributed by atoms with Gasteiger partial charge in [-0.3, -0.25) is 14.6 Å². The minimum Gasteiger partial charge on any atom is -0.619 e. The molecule has 4 heterocycles. The van der Waals surface area contributed by atoms with E-state index in [4.69, 9.17) is 23.2 Å². The fraction of sp³-hybridized carbons (Fsp3) is 0. The van der Waals surface area contributed by atoms with Crippen molar-refractivity contribution in [3.05, 3.63) is 122 Å². The highest BCUT2D eigenvalue weighted by atomic mass is 35.5. The lowest BCUT2D eigenvalue weighted by Crippen LogP contribution is -2.27. The summed E-state index contributed by atoms with van der Waals surface area (Å²) in [6.07, 6.45) is 6.89. The molecule has 37 heavy (non-hydrogen) atoms. The molecule has 11 heteroatoms. The fourth-order valence-electron chi connectivity index (χ4n) is 3.48. The van der Waals surface area contributed by atoms with Gasteiger partial charge in [-0.1, -0.05) is 41.1 Å². The monoisotopic (exact) mass is 528 g/mol. The molecule has 1 aromatic carbocycles. The molecule has 5 rings (SSSR count). The van der Waals surface area contributed by atoms with E-state index in [0.29, 0.717) is 21.5 Å². The van der Waals surface area contributed by atoms with Crippen molar-refractivity contribution in [2.24, 2.45) is 0 Å².